The third-order valence-corrected chi connectivity index (χ3v) is 5.47. The van der Waals surface area contributed by atoms with Gasteiger partial charge in [-0.25, -0.2) is 9.97 Å². The van der Waals surface area contributed by atoms with E-state index < -0.39 is 4.92 Å². The standard InChI is InChI=1S/C24H25N5O3/c1-3-19-14-22(28-23(26-19)17-8-12-21(13-9-17)29(31)32)25-15(2)16-6-10-20(11-7-16)27-24(30)18-4-5-18/h6-15,18H,3-5H2,1-2H3,(H,27,30)(H,25,26,28). The Hall–Kier alpha value is -3.81. The number of carbonyl (C=O) groups is 1. The molecule has 2 aromatic carbocycles. The van der Waals surface area contributed by atoms with Crippen LogP contribution in [0.1, 0.15) is 44.0 Å². The molecule has 1 heterocycles. The monoisotopic (exact) mass is 431 g/mol. The van der Waals surface area contributed by atoms with Gasteiger partial charge in [0.15, 0.2) is 5.82 Å². The van der Waals surface area contributed by atoms with E-state index in [1.54, 1.807) is 12.1 Å². The highest BCUT2D eigenvalue weighted by atomic mass is 16.6. The Balaban J connectivity index is 1.49. The van der Waals surface area contributed by atoms with E-state index >= 15 is 0 Å². The van der Waals surface area contributed by atoms with Crippen molar-refractivity contribution in [2.24, 2.45) is 5.92 Å². The zero-order chi connectivity index (χ0) is 22.7. The van der Waals surface area contributed by atoms with Crippen LogP contribution in [0.5, 0.6) is 0 Å². The molecule has 1 saturated carbocycles. The molecule has 0 aliphatic heterocycles. The molecule has 0 bridgehead atoms. The second-order valence-corrected chi connectivity index (χ2v) is 7.98. The SMILES string of the molecule is CCc1cc(NC(C)c2ccc(NC(=O)C3CC3)cc2)nc(-c2ccc([N+](=O)[O-])cc2)n1. The fourth-order valence-electron chi connectivity index (χ4n) is 3.36. The number of nitro benzene ring substituents is 1. The Labute approximate surface area is 186 Å². The molecule has 0 radical (unpaired) electrons. The Kier molecular flexibility index (Phi) is 6.11. The summed E-state index contributed by atoms with van der Waals surface area (Å²) < 4.78 is 0. The molecule has 4 rings (SSSR count). The topological polar surface area (TPSA) is 110 Å². The Morgan fingerprint density at radius 3 is 2.41 bits per heavy atom. The second-order valence-electron chi connectivity index (χ2n) is 7.98. The number of hydrogen-bond acceptors (Lipinski definition) is 6. The maximum Gasteiger partial charge on any atom is 0.269 e. The first-order valence-corrected chi connectivity index (χ1v) is 10.7. The molecule has 3 aromatic rings. The molecule has 8 heteroatoms. The molecule has 1 atom stereocenters. The number of nitrogens with zero attached hydrogens (tertiary/aromatic N) is 3. The van der Waals surface area contributed by atoms with E-state index in [2.05, 4.69) is 20.6 Å². The first-order chi connectivity index (χ1) is 15.4. The van der Waals surface area contributed by atoms with Gasteiger partial charge in [-0.15, -0.1) is 0 Å². The van der Waals surface area contributed by atoms with Crippen LogP contribution in [-0.4, -0.2) is 20.8 Å². The summed E-state index contributed by atoms with van der Waals surface area (Å²) in [6.45, 7) is 4.06. The highest BCUT2D eigenvalue weighted by molar-refractivity contribution is 5.94. The van der Waals surface area contributed by atoms with E-state index in [0.29, 0.717) is 11.6 Å². The molecule has 1 aliphatic rings. The van der Waals surface area contributed by atoms with Gasteiger partial charge in [-0.1, -0.05) is 19.1 Å². The Bertz CT molecular complexity index is 1130. The second kappa shape index (κ2) is 9.13. The molecule has 1 unspecified atom stereocenters. The van der Waals surface area contributed by atoms with Crippen molar-refractivity contribution in [1.82, 2.24) is 9.97 Å². The normalized spacial score (nSPS) is 13.9. The van der Waals surface area contributed by atoms with Gasteiger partial charge in [0.2, 0.25) is 5.91 Å². The molecule has 1 aliphatic carbocycles. The van der Waals surface area contributed by atoms with Crippen molar-refractivity contribution in [3.63, 3.8) is 0 Å². The minimum absolute atomic E-state index is 0.0208. The predicted octanol–water partition coefficient (Wildman–Crippen LogP) is 5.14. The lowest BCUT2D eigenvalue weighted by molar-refractivity contribution is -0.384. The van der Waals surface area contributed by atoms with Crippen LogP contribution in [0.4, 0.5) is 17.2 Å². The van der Waals surface area contributed by atoms with Gasteiger partial charge in [-0.2, -0.15) is 0 Å². The van der Waals surface area contributed by atoms with Crippen LogP contribution >= 0.6 is 0 Å². The summed E-state index contributed by atoms with van der Waals surface area (Å²) in [7, 11) is 0. The summed E-state index contributed by atoms with van der Waals surface area (Å²) in [5.41, 5.74) is 3.49. The number of rotatable bonds is 8. The number of amides is 1. The molecule has 164 valence electrons. The van der Waals surface area contributed by atoms with Gasteiger partial charge < -0.3 is 10.6 Å². The van der Waals surface area contributed by atoms with E-state index in [4.69, 9.17) is 0 Å². The number of benzene rings is 2. The summed E-state index contributed by atoms with van der Waals surface area (Å²) in [4.78, 5) is 31.6. The van der Waals surface area contributed by atoms with Crippen LogP contribution < -0.4 is 10.6 Å². The van der Waals surface area contributed by atoms with E-state index in [9.17, 15) is 14.9 Å². The predicted molar refractivity (Wildman–Crippen MR) is 123 cm³/mol. The lowest BCUT2D eigenvalue weighted by Gasteiger charge is -2.17. The van der Waals surface area contributed by atoms with Gasteiger partial charge in [0.05, 0.1) is 4.92 Å². The number of anilines is 2. The van der Waals surface area contributed by atoms with Gasteiger partial charge in [-0.05, 0) is 56.0 Å². The highest BCUT2D eigenvalue weighted by Crippen LogP contribution is 2.30. The van der Waals surface area contributed by atoms with Gasteiger partial charge in [0.1, 0.15) is 5.82 Å². The van der Waals surface area contributed by atoms with Crippen molar-refractivity contribution >= 4 is 23.1 Å². The number of nitrogens with one attached hydrogen (secondary N) is 2. The van der Waals surface area contributed by atoms with Crippen LogP contribution in [-0.2, 0) is 11.2 Å². The van der Waals surface area contributed by atoms with Crippen molar-refractivity contribution in [2.75, 3.05) is 10.6 Å². The smallest absolute Gasteiger partial charge is 0.269 e. The minimum atomic E-state index is -0.426. The lowest BCUT2D eigenvalue weighted by atomic mass is 10.1. The fourth-order valence-corrected chi connectivity index (χ4v) is 3.36. The molecule has 0 saturated heterocycles. The quantitative estimate of drug-likeness (QED) is 0.378. The van der Waals surface area contributed by atoms with E-state index in [1.165, 1.54) is 12.1 Å². The van der Waals surface area contributed by atoms with Crippen LogP contribution in [0, 0.1) is 16.0 Å². The molecular formula is C24H25N5O3. The summed E-state index contributed by atoms with van der Waals surface area (Å²) in [5, 5.41) is 17.3. The number of aromatic nitrogens is 2. The third-order valence-electron chi connectivity index (χ3n) is 5.47. The van der Waals surface area contributed by atoms with Crippen molar-refractivity contribution < 1.29 is 9.72 Å². The average Bonchev–Trinajstić information content (AvgIpc) is 3.65. The molecule has 1 amide bonds. The Morgan fingerprint density at radius 1 is 1.12 bits per heavy atom. The van der Waals surface area contributed by atoms with E-state index in [0.717, 1.165) is 41.8 Å². The van der Waals surface area contributed by atoms with Crippen molar-refractivity contribution in [2.45, 2.75) is 39.2 Å². The molecule has 0 spiro atoms. The zero-order valence-corrected chi connectivity index (χ0v) is 18.0. The number of non-ortho nitro benzene ring substituents is 1. The highest BCUT2D eigenvalue weighted by Gasteiger charge is 2.29. The van der Waals surface area contributed by atoms with E-state index in [1.807, 2.05) is 44.2 Å². The first-order valence-electron chi connectivity index (χ1n) is 10.7. The van der Waals surface area contributed by atoms with Crippen LogP contribution in [0.2, 0.25) is 0 Å². The first kappa shape index (κ1) is 21.4. The average molecular weight is 431 g/mol. The fraction of sp³-hybridized carbons (Fsp3) is 0.292. The summed E-state index contributed by atoms with van der Waals surface area (Å²) in [6, 6.07) is 15.9. The minimum Gasteiger partial charge on any atom is -0.363 e. The van der Waals surface area contributed by atoms with Gasteiger partial charge >= 0.3 is 0 Å². The van der Waals surface area contributed by atoms with Crippen molar-refractivity contribution in [1.29, 1.82) is 0 Å². The van der Waals surface area contributed by atoms with E-state index in [-0.39, 0.29) is 23.6 Å². The molecule has 2 N–H and O–H groups in total. The van der Waals surface area contributed by atoms with Crippen LogP contribution in [0.25, 0.3) is 11.4 Å². The molecule has 32 heavy (non-hydrogen) atoms. The summed E-state index contributed by atoms with van der Waals surface area (Å²) >= 11 is 0. The number of nitro groups is 1. The van der Waals surface area contributed by atoms with Crippen molar-refractivity contribution in [3.05, 3.63) is 76.0 Å². The lowest BCUT2D eigenvalue weighted by Crippen LogP contribution is -2.13. The van der Waals surface area contributed by atoms with Gasteiger partial charge in [0, 0.05) is 47.1 Å². The van der Waals surface area contributed by atoms with Gasteiger partial charge in [0.25, 0.3) is 5.69 Å². The maximum absolute atomic E-state index is 11.9. The number of hydrogen-bond donors (Lipinski definition) is 2. The zero-order valence-electron chi connectivity index (χ0n) is 18.0. The van der Waals surface area contributed by atoms with Crippen LogP contribution in [0.3, 0.4) is 0 Å². The third kappa shape index (κ3) is 5.08. The van der Waals surface area contributed by atoms with Gasteiger partial charge in [-0.3, -0.25) is 14.9 Å². The summed E-state index contributed by atoms with van der Waals surface area (Å²) in [5.74, 6) is 1.47. The van der Waals surface area contributed by atoms with Crippen molar-refractivity contribution in [3.8, 4) is 11.4 Å². The summed E-state index contributed by atoms with van der Waals surface area (Å²) in [6.07, 6.45) is 2.69. The number of carbonyl (C=O) groups excluding carboxylic acids is 1. The number of aryl methyl sites for hydroxylation is 1. The maximum atomic E-state index is 11.9. The molecule has 8 nitrogen and oxygen atoms in total. The van der Waals surface area contributed by atoms with Crippen LogP contribution in [0.15, 0.2) is 54.6 Å². The Morgan fingerprint density at radius 2 is 1.81 bits per heavy atom. The molecule has 1 fully saturated rings. The molecule has 1 aromatic heterocycles. The molecular weight excluding hydrogens is 406 g/mol. The largest absolute Gasteiger partial charge is 0.363 e.